The van der Waals surface area contributed by atoms with Crippen molar-refractivity contribution in [2.75, 3.05) is 38.1 Å². The molecular formula is C24H31N5. The normalized spacial score (nSPS) is 17.6. The van der Waals surface area contributed by atoms with Crippen molar-refractivity contribution >= 4 is 17.9 Å². The Kier molecular flexibility index (Phi) is 6.45. The molecule has 1 N–H and O–H groups in total. The van der Waals surface area contributed by atoms with Crippen molar-refractivity contribution in [2.24, 2.45) is 4.99 Å². The SMILES string of the molecule is CN=C(NCc1ccnc(N2CCCC2)c1)N1CCC(=Cc2ccccc2)CC1. The van der Waals surface area contributed by atoms with Crippen LogP contribution in [0.15, 0.2) is 59.2 Å². The molecule has 29 heavy (non-hydrogen) atoms. The minimum atomic E-state index is 0.777. The number of benzene rings is 1. The fourth-order valence-electron chi connectivity index (χ4n) is 4.14. The number of nitrogens with zero attached hydrogens (tertiary/aromatic N) is 4. The summed E-state index contributed by atoms with van der Waals surface area (Å²) in [5.74, 6) is 2.09. The van der Waals surface area contributed by atoms with Crippen molar-refractivity contribution in [3.63, 3.8) is 0 Å². The van der Waals surface area contributed by atoms with Gasteiger partial charge in [0.2, 0.25) is 0 Å². The molecule has 2 aliphatic heterocycles. The summed E-state index contributed by atoms with van der Waals surface area (Å²) >= 11 is 0. The highest BCUT2D eigenvalue weighted by atomic mass is 15.3. The van der Waals surface area contributed by atoms with Gasteiger partial charge in [0.25, 0.3) is 0 Å². The monoisotopic (exact) mass is 389 g/mol. The number of aromatic nitrogens is 1. The first-order valence-electron chi connectivity index (χ1n) is 10.7. The van der Waals surface area contributed by atoms with Gasteiger partial charge in [-0.05, 0) is 48.9 Å². The van der Waals surface area contributed by atoms with E-state index in [2.05, 4.69) is 73.6 Å². The fraction of sp³-hybridized carbons (Fsp3) is 0.417. The number of aliphatic imine (C=N–C) groups is 1. The average molecular weight is 390 g/mol. The van der Waals surface area contributed by atoms with E-state index < -0.39 is 0 Å². The van der Waals surface area contributed by atoms with E-state index in [4.69, 9.17) is 0 Å². The van der Waals surface area contributed by atoms with Crippen LogP contribution in [-0.4, -0.2) is 49.1 Å². The van der Waals surface area contributed by atoms with E-state index in [9.17, 15) is 0 Å². The maximum Gasteiger partial charge on any atom is 0.193 e. The largest absolute Gasteiger partial charge is 0.357 e. The van der Waals surface area contributed by atoms with E-state index in [1.54, 1.807) is 0 Å². The average Bonchev–Trinajstić information content (AvgIpc) is 3.31. The molecule has 0 saturated carbocycles. The van der Waals surface area contributed by atoms with E-state index >= 15 is 0 Å². The second kappa shape index (κ2) is 9.59. The van der Waals surface area contributed by atoms with Crippen LogP contribution in [0.25, 0.3) is 6.08 Å². The molecule has 0 unspecified atom stereocenters. The molecule has 5 heteroatoms. The number of rotatable bonds is 4. The van der Waals surface area contributed by atoms with Gasteiger partial charge in [-0.25, -0.2) is 4.98 Å². The summed E-state index contributed by atoms with van der Waals surface area (Å²) in [6.07, 6.45) is 8.98. The zero-order chi connectivity index (χ0) is 19.9. The minimum Gasteiger partial charge on any atom is -0.357 e. The maximum atomic E-state index is 4.55. The molecule has 4 rings (SSSR count). The lowest BCUT2D eigenvalue weighted by Gasteiger charge is -2.31. The first-order chi connectivity index (χ1) is 14.3. The van der Waals surface area contributed by atoms with Gasteiger partial charge in [-0.3, -0.25) is 4.99 Å². The van der Waals surface area contributed by atoms with Crippen molar-refractivity contribution < 1.29 is 0 Å². The molecule has 2 aliphatic rings. The van der Waals surface area contributed by atoms with Crippen LogP contribution in [-0.2, 0) is 6.54 Å². The first-order valence-corrected chi connectivity index (χ1v) is 10.7. The highest BCUT2D eigenvalue weighted by molar-refractivity contribution is 5.80. The van der Waals surface area contributed by atoms with Crippen LogP contribution in [0.2, 0.25) is 0 Å². The molecule has 0 atom stereocenters. The van der Waals surface area contributed by atoms with E-state index in [1.807, 2.05) is 13.2 Å². The molecule has 152 valence electrons. The molecule has 0 bridgehead atoms. The maximum absolute atomic E-state index is 4.55. The van der Waals surface area contributed by atoms with Gasteiger partial charge in [0, 0.05) is 46.0 Å². The Bertz CT molecular complexity index is 843. The lowest BCUT2D eigenvalue weighted by Crippen LogP contribution is -2.44. The molecular weight excluding hydrogens is 358 g/mol. The molecule has 2 saturated heterocycles. The highest BCUT2D eigenvalue weighted by Gasteiger charge is 2.18. The van der Waals surface area contributed by atoms with Crippen molar-refractivity contribution in [2.45, 2.75) is 32.2 Å². The summed E-state index contributed by atoms with van der Waals surface area (Å²) in [5.41, 5.74) is 4.07. The van der Waals surface area contributed by atoms with E-state index in [0.29, 0.717) is 0 Å². The summed E-state index contributed by atoms with van der Waals surface area (Å²) in [6.45, 7) is 5.04. The molecule has 0 aliphatic carbocycles. The van der Waals surface area contributed by atoms with Crippen LogP contribution in [0.1, 0.15) is 36.8 Å². The first kappa shape index (κ1) is 19.5. The van der Waals surface area contributed by atoms with Crippen molar-refractivity contribution in [3.05, 3.63) is 65.4 Å². The van der Waals surface area contributed by atoms with Crippen molar-refractivity contribution in [1.82, 2.24) is 15.2 Å². The molecule has 2 fully saturated rings. The van der Waals surface area contributed by atoms with Crippen LogP contribution in [0.3, 0.4) is 0 Å². The van der Waals surface area contributed by atoms with Crippen LogP contribution in [0, 0.1) is 0 Å². The standard InChI is InChI=1S/C24H31N5/c1-25-24(27-19-22-9-12-26-23(18-22)28-13-5-6-14-28)29-15-10-21(11-16-29)17-20-7-3-2-4-8-20/h2-4,7-9,12,17-18H,5-6,10-11,13-16,19H2,1H3,(H,25,27). The summed E-state index contributed by atoms with van der Waals surface area (Å²) in [4.78, 5) is 13.8. The lowest BCUT2D eigenvalue weighted by molar-refractivity contribution is 0.375. The zero-order valence-electron chi connectivity index (χ0n) is 17.3. The van der Waals surface area contributed by atoms with Crippen LogP contribution >= 0.6 is 0 Å². The quantitative estimate of drug-likeness (QED) is 0.635. The zero-order valence-corrected chi connectivity index (χ0v) is 17.3. The number of hydrogen-bond acceptors (Lipinski definition) is 3. The predicted molar refractivity (Wildman–Crippen MR) is 121 cm³/mol. The van der Waals surface area contributed by atoms with Crippen molar-refractivity contribution in [1.29, 1.82) is 0 Å². The Morgan fingerprint density at radius 2 is 1.83 bits per heavy atom. The van der Waals surface area contributed by atoms with Crippen LogP contribution in [0.5, 0.6) is 0 Å². The Labute approximate surface area is 174 Å². The molecule has 5 nitrogen and oxygen atoms in total. The van der Waals surface area contributed by atoms with Crippen LogP contribution in [0.4, 0.5) is 5.82 Å². The number of nitrogens with one attached hydrogen (secondary N) is 1. The number of likely N-dealkylation sites (tertiary alicyclic amines) is 1. The Hall–Kier alpha value is -2.82. The number of pyridine rings is 1. The van der Waals surface area contributed by atoms with Gasteiger partial charge in [-0.1, -0.05) is 42.0 Å². The van der Waals surface area contributed by atoms with Gasteiger partial charge in [-0.15, -0.1) is 0 Å². The van der Waals surface area contributed by atoms with Gasteiger partial charge in [-0.2, -0.15) is 0 Å². The van der Waals surface area contributed by atoms with Gasteiger partial charge >= 0.3 is 0 Å². The summed E-state index contributed by atoms with van der Waals surface area (Å²) in [6, 6.07) is 14.9. The lowest BCUT2D eigenvalue weighted by atomic mass is 10.0. The number of anilines is 1. The fourth-order valence-corrected chi connectivity index (χ4v) is 4.14. The van der Waals surface area contributed by atoms with Gasteiger partial charge in [0.1, 0.15) is 5.82 Å². The molecule has 3 heterocycles. The highest BCUT2D eigenvalue weighted by Crippen LogP contribution is 2.20. The molecule has 1 aromatic carbocycles. The Morgan fingerprint density at radius 1 is 1.07 bits per heavy atom. The molecule has 2 aromatic rings. The van der Waals surface area contributed by atoms with Crippen molar-refractivity contribution in [3.8, 4) is 0 Å². The number of piperidine rings is 1. The molecule has 0 amide bonds. The summed E-state index contributed by atoms with van der Waals surface area (Å²) in [7, 11) is 1.87. The minimum absolute atomic E-state index is 0.777. The van der Waals surface area contributed by atoms with E-state index in [0.717, 1.165) is 57.3 Å². The summed E-state index contributed by atoms with van der Waals surface area (Å²) < 4.78 is 0. The van der Waals surface area contributed by atoms with Gasteiger partial charge in [0.05, 0.1) is 0 Å². The smallest absolute Gasteiger partial charge is 0.193 e. The summed E-state index contributed by atoms with van der Waals surface area (Å²) in [5, 5.41) is 3.55. The van der Waals surface area contributed by atoms with Gasteiger partial charge < -0.3 is 15.1 Å². The second-order valence-electron chi connectivity index (χ2n) is 7.82. The third-order valence-electron chi connectivity index (χ3n) is 5.78. The van der Waals surface area contributed by atoms with E-state index in [1.165, 1.54) is 29.5 Å². The molecule has 0 spiro atoms. The van der Waals surface area contributed by atoms with E-state index in [-0.39, 0.29) is 0 Å². The third-order valence-corrected chi connectivity index (χ3v) is 5.78. The third kappa shape index (κ3) is 5.17. The predicted octanol–water partition coefficient (Wildman–Crippen LogP) is 3.94. The Balaban J connectivity index is 1.31. The Morgan fingerprint density at radius 3 is 2.55 bits per heavy atom. The topological polar surface area (TPSA) is 43.8 Å². The molecule has 0 radical (unpaired) electrons. The molecule has 1 aromatic heterocycles. The second-order valence-corrected chi connectivity index (χ2v) is 7.82. The number of guanidine groups is 1. The van der Waals surface area contributed by atoms with Gasteiger partial charge in [0.15, 0.2) is 5.96 Å². The van der Waals surface area contributed by atoms with Crippen LogP contribution < -0.4 is 10.2 Å². The number of hydrogen-bond donors (Lipinski definition) is 1.